The van der Waals surface area contributed by atoms with Crippen LogP contribution in [-0.4, -0.2) is 21.2 Å². The molecule has 0 spiro atoms. The second-order valence-corrected chi connectivity index (χ2v) is 4.51. The monoisotopic (exact) mass is 280 g/mol. The molecule has 7 nitrogen and oxygen atoms in total. The third-order valence-electron chi connectivity index (χ3n) is 3.05. The molecule has 0 amide bonds. The molecule has 21 heavy (non-hydrogen) atoms. The lowest BCUT2D eigenvalue weighted by Crippen LogP contribution is -1.89. The molecule has 104 valence electrons. The molecule has 0 aliphatic rings. The topological polar surface area (TPSA) is 109 Å². The largest absolute Gasteiger partial charge is 0.397 e. The summed E-state index contributed by atoms with van der Waals surface area (Å²) >= 11 is 0. The summed E-state index contributed by atoms with van der Waals surface area (Å²) in [7, 11) is 0. The summed E-state index contributed by atoms with van der Waals surface area (Å²) < 4.78 is 0. The van der Waals surface area contributed by atoms with E-state index in [0.29, 0.717) is 33.7 Å². The first-order valence-corrected chi connectivity index (χ1v) is 6.27. The Morgan fingerprint density at radius 3 is 2.62 bits per heavy atom. The summed E-state index contributed by atoms with van der Waals surface area (Å²) in [5, 5.41) is 18.7. The molecule has 0 fully saturated rings. The maximum Gasteiger partial charge on any atom is 0.159 e. The van der Waals surface area contributed by atoms with Crippen LogP contribution in [0.3, 0.4) is 0 Å². The fourth-order valence-corrected chi connectivity index (χ4v) is 1.90. The smallest absolute Gasteiger partial charge is 0.159 e. The van der Waals surface area contributed by atoms with E-state index in [4.69, 9.17) is 5.73 Å². The average molecular weight is 280 g/mol. The zero-order valence-electron chi connectivity index (χ0n) is 11.2. The van der Waals surface area contributed by atoms with Gasteiger partial charge in [0.1, 0.15) is 16.7 Å². The maximum absolute atomic E-state index is 11.2. The van der Waals surface area contributed by atoms with Crippen molar-refractivity contribution in [3.05, 3.63) is 42.0 Å². The van der Waals surface area contributed by atoms with Crippen LogP contribution < -0.4 is 5.73 Å². The van der Waals surface area contributed by atoms with Gasteiger partial charge in [-0.1, -0.05) is 5.21 Å². The van der Waals surface area contributed by atoms with Crippen molar-refractivity contribution in [1.82, 2.24) is 15.4 Å². The van der Waals surface area contributed by atoms with E-state index in [9.17, 15) is 4.79 Å². The van der Waals surface area contributed by atoms with Crippen LogP contribution in [0.4, 0.5) is 17.1 Å². The Bertz CT molecular complexity index is 834. The molecule has 3 N–H and O–H groups in total. The lowest BCUT2D eigenvalue weighted by atomic mass is 10.1. The Morgan fingerprint density at radius 2 is 1.90 bits per heavy atom. The second kappa shape index (κ2) is 5.12. The van der Waals surface area contributed by atoms with Crippen molar-refractivity contribution in [2.24, 2.45) is 10.2 Å². The Balaban J connectivity index is 1.92. The number of aromatic nitrogens is 3. The van der Waals surface area contributed by atoms with Crippen LogP contribution in [-0.2, 0) is 0 Å². The lowest BCUT2D eigenvalue weighted by molar-refractivity contribution is 0.101. The number of fused-ring (bicyclic) bond motifs is 1. The number of carbonyl (C=O) groups is 1. The number of nitrogen functional groups attached to an aromatic ring is 1. The third kappa shape index (κ3) is 2.48. The Labute approximate surface area is 119 Å². The van der Waals surface area contributed by atoms with E-state index >= 15 is 0 Å². The molecule has 1 heterocycles. The number of hydrogen-bond acceptors (Lipinski definition) is 6. The van der Waals surface area contributed by atoms with Crippen LogP contribution in [0, 0.1) is 0 Å². The number of azo groups is 1. The molecule has 0 saturated heterocycles. The van der Waals surface area contributed by atoms with Gasteiger partial charge < -0.3 is 5.73 Å². The number of hydrogen-bond donors (Lipinski definition) is 2. The number of anilines is 1. The van der Waals surface area contributed by atoms with Gasteiger partial charge in [0.25, 0.3) is 0 Å². The van der Waals surface area contributed by atoms with Gasteiger partial charge in [-0.25, -0.2) is 0 Å². The van der Waals surface area contributed by atoms with Crippen molar-refractivity contribution in [2.45, 2.75) is 6.92 Å². The summed E-state index contributed by atoms with van der Waals surface area (Å²) in [5.74, 6) is 0.0160. The van der Waals surface area contributed by atoms with Gasteiger partial charge in [0.2, 0.25) is 0 Å². The minimum atomic E-state index is 0.0160. The normalized spacial score (nSPS) is 11.3. The first-order chi connectivity index (χ1) is 10.1. The van der Waals surface area contributed by atoms with Crippen molar-refractivity contribution in [2.75, 3.05) is 5.73 Å². The van der Waals surface area contributed by atoms with Crippen LogP contribution in [0.2, 0.25) is 0 Å². The number of nitrogens with zero attached hydrogens (tertiary/aromatic N) is 4. The minimum Gasteiger partial charge on any atom is -0.397 e. The van der Waals surface area contributed by atoms with Gasteiger partial charge in [-0.05, 0) is 43.3 Å². The molecule has 0 aliphatic carbocycles. The van der Waals surface area contributed by atoms with E-state index in [-0.39, 0.29) is 5.78 Å². The Morgan fingerprint density at radius 1 is 1.14 bits per heavy atom. The van der Waals surface area contributed by atoms with Crippen LogP contribution in [0.15, 0.2) is 46.6 Å². The number of nitrogens with two attached hydrogens (primary N) is 1. The van der Waals surface area contributed by atoms with Gasteiger partial charge in [-0.3, -0.25) is 9.89 Å². The molecule has 0 unspecified atom stereocenters. The zero-order chi connectivity index (χ0) is 14.8. The van der Waals surface area contributed by atoms with Crippen LogP contribution in [0.5, 0.6) is 0 Å². The first kappa shape index (κ1) is 12.9. The first-order valence-electron chi connectivity index (χ1n) is 6.27. The zero-order valence-corrected chi connectivity index (χ0v) is 11.2. The highest BCUT2D eigenvalue weighted by molar-refractivity contribution is 5.94. The van der Waals surface area contributed by atoms with E-state index in [1.165, 1.54) is 6.92 Å². The third-order valence-corrected chi connectivity index (χ3v) is 3.05. The molecule has 3 aromatic rings. The molecule has 0 saturated carbocycles. The second-order valence-electron chi connectivity index (χ2n) is 4.51. The van der Waals surface area contributed by atoms with Crippen molar-refractivity contribution in [1.29, 1.82) is 0 Å². The number of aromatic amines is 1. The van der Waals surface area contributed by atoms with Crippen LogP contribution >= 0.6 is 0 Å². The number of nitrogens with one attached hydrogen (secondary N) is 1. The summed E-state index contributed by atoms with van der Waals surface area (Å²) in [6.45, 7) is 1.52. The predicted octanol–water partition coefficient (Wildman–Crippen LogP) is 3.16. The molecular weight excluding hydrogens is 268 g/mol. The molecule has 3 rings (SSSR count). The molecule has 2 aromatic carbocycles. The number of Topliss-reactive ketones (excluding diaryl/α,β-unsaturated/α-hetero) is 1. The standard InChI is InChI=1S/C14H12N6O/c1-8(21)9-2-4-10(5-3-9)16-17-12-7-6-11(15)13-14(12)19-20-18-13/h2-7H,15H2,1H3,(H,18,19,20)/b17-16+. The fourth-order valence-electron chi connectivity index (χ4n) is 1.90. The number of carbonyl (C=O) groups excluding carboxylic acids is 1. The molecular formula is C14H12N6O. The lowest BCUT2D eigenvalue weighted by Gasteiger charge is -1.98. The van der Waals surface area contributed by atoms with E-state index in [1.54, 1.807) is 36.4 Å². The van der Waals surface area contributed by atoms with Gasteiger partial charge in [0.05, 0.1) is 11.4 Å². The van der Waals surface area contributed by atoms with E-state index in [1.807, 2.05) is 0 Å². The highest BCUT2D eigenvalue weighted by atomic mass is 16.1. The SMILES string of the molecule is CC(=O)c1ccc(/N=N/c2ccc(N)c3nn[nH]c23)cc1. The average Bonchev–Trinajstić information content (AvgIpc) is 2.97. The van der Waals surface area contributed by atoms with E-state index in [0.717, 1.165) is 0 Å². The maximum atomic E-state index is 11.2. The van der Waals surface area contributed by atoms with Crippen molar-refractivity contribution >= 4 is 33.9 Å². The predicted molar refractivity (Wildman–Crippen MR) is 78.9 cm³/mol. The molecule has 0 bridgehead atoms. The Hall–Kier alpha value is -3.09. The van der Waals surface area contributed by atoms with Crippen LogP contribution in [0.1, 0.15) is 17.3 Å². The van der Waals surface area contributed by atoms with Gasteiger partial charge >= 0.3 is 0 Å². The summed E-state index contributed by atoms with van der Waals surface area (Å²) in [6.07, 6.45) is 0. The van der Waals surface area contributed by atoms with Crippen molar-refractivity contribution < 1.29 is 4.79 Å². The van der Waals surface area contributed by atoms with Gasteiger partial charge in [-0.2, -0.15) is 5.11 Å². The Kier molecular flexibility index (Phi) is 3.15. The molecule has 1 aromatic heterocycles. The quantitative estimate of drug-likeness (QED) is 0.436. The number of H-pyrrole nitrogens is 1. The van der Waals surface area contributed by atoms with Crippen molar-refractivity contribution in [3.63, 3.8) is 0 Å². The summed E-state index contributed by atoms with van der Waals surface area (Å²) in [6, 6.07) is 10.4. The molecule has 7 heteroatoms. The van der Waals surface area contributed by atoms with Gasteiger partial charge in [0, 0.05) is 5.56 Å². The van der Waals surface area contributed by atoms with E-state index in [2.05, 4.69) is 25.6 Å². The molecule has 0 aliphatic heterocycles. The molecule has 0 radical (unpaired) electrons. The summed E-state index contributed by atoms with van der Waals surface area (Å²) in [4.78, 5) is 11.2. The number of benzene rings is 2. The summed E-state index contributed by atoms with van der Waals surface area (Å²) in [5.41, 5.74) is 9.42. The van der Waals surface area contributed by atoms with Crippen molar-refractivity contribution in [3.8, 4) is 0 Å². The molecule has 0 atom stereocenters. The number of rotatable bonds is 3. The van der Waals surface area contributed by atoms with Gasteiger partial charge in [0.15, 0.2) is 5.78 Å². The number of ketones is 1. The van der Waals surface area contributed by atoms with Crippen LogP contribution in [0.25, 0.3) is 11.0 Å². The highest BCUT2D eigenvalue weighted by Gasteiger charge is 2.07. The minimum absolute atomic E-state index is 0.0160. The van der Waals surface area contributed by atoms with Gasteiger partial charge in [-0.15, -0.1) is 10.2 Å². The fraction of sp³-hybridized carbons (Fsp3) is 0.0714. The highest BCUT2D eigenvalue weighted by Crippen LogP contribution is 2.28. The van der Waals surface area contributed by atoms with E-state index < -0.39 is 0 Å².